The van der Waals surface area contributed by atoms with E-state index in [1.165, 1.54) is 0 Å². The molecule has 0 fully saturated rings. The molecule has 0 aliphatic carbocycles. The van der Waals surface area contributed by atoms with Crippen molar-refractivity contribution >= 4 is 12.6 Å². The van der Waals surface area contributed by atoms with Crippen molar-refractivity contribution in [2.45, 2.75) is 25.3 Å². The van der Waals surface area contributed by atoms with E-state index in [0.717, 1.165) is 11.3 Å². The van der Waals surface area contributed by atoms with Gasteiger partial charge in [-0.25, -0.2) is 0 Å². The van der Waals surface area contributed by atoms with Gasteiger partial charge in [0.25, 0.3) is 0 Å². The molecule has 1 heterocycles. The summed E-state index contributed by atoms with van der Waals surface area (Å²) in [6, 6.07) is 7.85. The molecule has 3 nitrogen and oxygen atoms in total. The summed E-state index contributed by atoms with van der Waals surface area (Å²) >= 11 is 4.12. The van der Waals surface area contributed by atoms with Crippen LogP contribution in [0.3, 0.4) is 0 Å². The normalized spacial score (nSPS) is 21.6. The van der Waals surface area contributed by atoms with Gasteiger partial charge in [-0.15, -0.1) is 12.6 Å². The molecule has 0 saturated carbocycles. The highest BCUT2D eigenvalue weighted by molar-refractivity contribution is 7.80. The zero-order chi connectivity index (χ0) is 10.7. The van der Waals surface area contributed by atoms with E-state index in [9.17, 15) is 0 Å². The lowest BCUT2D eigenvalue weighted by atomic mass is 10.2. The fourth-order valence-corrected chi connectivity index (χ4v) is 1.48. The molecule has 15 heavy (non-hydrogen) atoms. The van der Waals surface area contributed by atoms with Gasteiger partial charge in [-0.2, -0.15) is 0 Å². The first-order valence-electron chi connectivity index (χ1n) is 4.91. The van der Waals surface area contributed by atoms with Gasteiger partial charge >= 0.3 is 0 Å². The Bertz CT molecular complexity index is 327. The molecule has 0 aromatic heterocycles. The van der Waals surface area contributed by atoms with Crippen LogP contribution in [0.2, 0.25) is 0 Å². The van der Waals surface area contributed by atoms with Crippen LogP contribution in [0.1, 0.15) is 12.5 Å². The number of benzene rings is 1. The van der Waals surface area contributed by atoms with E-state index in [1.807, 2.05) is 31.2 Å². The number of rotatable bonds is 3. The molecule has 2 rings (SSSR count). The lowest BCUT2D eigenvalue weighted by Gasteiger charge is -2.26. The summed E-state index contributed by atoms with van der Waals surface area (Å²) in [6.07, 6.45) is -0.325. The minimum Gasteiger partial charge on any atom is -0.462 e. The summed E-state index contributed by atoms with van der Waals surface area (Å²) in [4.78, 5) is 0. The number of fused-ring (bicyclic) bond motifs is 1. The van der Waals surface area contributed by atoms with E-state index in [4.69, 9.17) is 14.2 Å². The first-order chi connectivity index (χ1) is 7.25. The van der Waals surface area contributed by atoms with Crippen LogP contribution < -0.4 is 4.74 Å². The number of thiol groups is 1. The van der Waals surface area contributed by atoms with Crippen molar-refractivity contribution in [3.63, 3.8) is 0 Å². The van der Waals surface area contributed by atoms with Gasteiger partial charge in [-0.1, -0.05) is 18.2 Å². The molecule has 0 radical (unpaired) electrons. The first-order valence-corrected chi connectivity index (χ1v) is 5.43. The molecular formula is C11H14O3S. The van der Waals surface area contributed by atoms with Gasteiger partial charge in [0.1, 0.15) is 12.4 Å². The average Bonchev–Trinajstić information content (AvgIpc) is 2.26. The van der Waals surface area contributed by atoms with Gasteiger partial charge < -0.3 is 14.2 Å². The van der Waals surface area contributed by atoms with E-state index in [-0.39, 0.29) is 11.7 Å². The Balaban J connectivity index is 1.94. The minimum atomic E-state index is -0.325. The van der Waals surface area contributed by atoms with Crippen LogP contribution in [-0.4, -0.2) is 18.3 Å². The highest BCUT2D eigenvalue weighted by Gasteiger charge is 2.19. The van der Waals surface area contributed by atoms with E-state index in [0.29, 0.717) is 13.2 Å². The number of ether oxygens (including phenoxy) is 3. The van der Waals surface area contributed by atoms with Crippen molar-refractivity contribution in [3.05, 3.63) is 29.8 Å². The lowest BCUT2D eigenvalue weighted by Crippen LogP contribution is -2.30. The number of hydrogen-bond acceptors (Lipinski definition) is 4. The molecule has 0 spiro atoms. The maximum absolute atomic E-state index is 5.60. The smallest absolute Gasteiger partial charge is 0.223 e. The first kappa shape index (κ1) is 10.8. The van der Waals surface area contributed by atoms with Crippen LogP contribution in [0, 0.1) is 0 Å². The third kappa shape index (κ3) is 2.87. The third-order valence-corrected chi connectivity index (χ3v) is 2.28. The minimum absolute atomic E-state index is 0.102. The van der Waals surface area contributed by atoms with Crippen LogP contribution in [0.25, 0.3) is 0 Å². The molecule has 0 bridgehead atoms. The predicted octanol–water partition coefficient (Wildman–Crippen LogP) is 2.21. The second-order valence-electron chi connectivity index (χ2n) is 3.40. The largest absolute Gasteiger partial charge is 0.462 e. The number of para-hydroxylation sites is 1. The molecule has 0 amide bonds. The van der Waals surface area contributed by atoms with Crippen molar-refractivity contribution in [2.24, 2.45) is 0 Å². The Morgan fingerprint density at radius 1 is 1.53 bits per heavy atom. The molecule has 1 aromatic rings. The molecule has 1 aliphatic rings. The van der Waals surface area contributed by atoms with Gasteiger partial charge in [0.15, 0.2) is 0 Å². The quantitative estimate of drug-likeness (QED) is 0.632. The molecule has 82 valence electrons. The summed E-state index contributed by atoms with van der Waals surface area (Å²) in [6.45, 7) is 2.84. The summed E-state index contributed by atoms with van der Waals surface area (Å²) < 4.78 is 16.4. The number of hydrogen-bond donors (Lipinski definition) is 1. The summed E-state index contributed by atoms with van der Waals surface area (Å²) in [5.74, 6) is 0.879. The Labute approximate surface area is 94.7 Å². The highest BCUT2D eigenvalue weighted by Crippen LogP contribution is 2.25. The van der Waals surface area contributed by atoms with Crippen LogP contribution >= 0.6 is 12.6 Å². The summed E-state index contributed by atoms with van der Waals surface area (Å²) in [5.41, 5.74) is 0.974. The Morgan fingerprint density at radius 2 is 2.33 bits per heavy atom. The molecular weight excluding hydrogens is 212 g/mol. The zero-order valence-electron chi connectivity index (χ0n) is 8.55. The second kappa shape index (κ2) is 4.88. The fourth-order valence-electron chi connectivity index (χ4n) is 1.40. The molecule has 2 unspecified atom stereocenters. The average molecular weight is 226 g/mol. The van der Waals surface area contributed by atoms with Crippen molar-refractivity contribution in [3.8, 4) is 5.75 Å². The van der Waals surface area contributed by atoms with E-state index >= 15 is 0 Å². The molecule has 1 aromatic carbocycles. The zero-order valence-corrected chi connectivity index (χ0v) is 9.44. The molecule has 1 aliphatic heterocycles. The van der Waals surface area contributed by atoms with Gasteiger partial charge in [-0.05, 0) is 13.0 Å². The van der Waals surface area contributed by atoms with Crippen molar-refractivity contribution in [2.75, 3.05) is 6.61 Å². The third-order valence-electron chi connectivity index (χ3n) is 2.13. The summed E-state index contributed by atoms with van der Waals surface area (Å²) in [7, 11) is 0. The summed E-state index contributed by atoms with van der Waals surface area (Å²) in [5, 5.41) is 0. The van der Waals surface area contributed by atoms with Crippen LogP contribution in [0.5, 0.6) is 5.75 Å². The Morgan fingerprint density at radius 3 is 3.13 bits per heavy atom. The van der Waals surface area contributed by atoms with Crippen molar-refractivity contribution < 1.29 is 14.2 Å². The maximum Gasteiger partial charge on any atom is 0.223 e. The highest BCUT2D eigenvalue weighted by atomic mass is 32.1. The van der Waals surface area contributed by atoms with E-state index in [2.05, 4.69) is 12.6 Å². The van der Waals surface area contributed by atoms with Gasteiger partial charge in [0.2, 0.25) is 6.29 Å². The molecule has 0 N–H and O–H groups in total. The van der Waals surface area contributed by atoms with Crippen LogP contribution in [0.4, 0.5) is 0 Å². The fraction of sp³-hybridized carbons (Fsp3) is 0.455. The Kier molecular flexibility index (Phi) is 3.51. The van der Waals surface area contributed by atoms with Gasteiger partial charge in [0, 0.05) is 5.56 Å². The van der Waals surface area contributed by atoms with Crippen LogP contribution in [-0.2, 0) is 16.1 Å². The lowest BCUT2D eigenvalue weighted by molar-refractivity contribution is -0.144. The van der Waals surface area contributed by atoms with Crippen LogP contribution in [0.15, 0.2) is 24.3 Å². The molecule has 2 atom stereocenters. The maximum atomic E-state index is 5.60. The van der Waals surface area contributed by atoms with Gasteiger partial charge in [-0.3, -0.25) is 0 Å². The SMILES string of the molecule is CC(S)OCC1OCc2ccccc2O1. The molecule has 4 heteroatoms. The Hall–Kier alpha value is -0.710. The van der Waals surface area contributed by atoms with E-state index in [1.54, 1.807) is 0 Å². The molecule has 0 saturated heterocycles. The van der Waals surface area contributed by atoms with Crippen molar-refractivity contribution in [1.29, 1.82) is 0 Å². The monoisotopic (exact) mass is 226 g/mol. The second-order valence-corrected chi connectivity index (χ2v) is 4.13. The topological polar surface area (TPSA) is 27.7 Å². The standard InChI is InChI=1S/C11H14O3S/c1-8(15)12-7-11-13-6-9-4-2-3-5-10(9)14-11/h2-5,8,11,15H,6-7H2,1H3. The predicted molar refractivity (Wildman–Crippen MR) is 60.0 cm³/mol. The van der Waals surface area contributed by atoms with Crippen molar-refractivity contribution in [1.82, 2.24) is 0 Å². The van der Waals surface area contributed by atoms with Gasteiger partial charge in [0.05, 0.1) is 12.0 Å². The van der Waals surface area contributed by atoms with E-state index < -0.39 is 0 Å².